The zero-order valence-corrected chi connectivity index (χ0v) is 17.5. The van der Waals surface area contributed by atoms with E-state index < -0.39 is 17.8 Å². The summed E-state index contributed by atoms with van der Waals surface area (Å²) in [5.41, 5.74) is 2.65. The predicted octanol–water partition coefficient (Wildman–Crippen LogP) is 2.84. The number of benzene rings is 2. The average Bonchev–Trinajstić information content (AvgIpc) is 3.14. The highest BCUT2D eigenvalue weighted by Gasteiger charge is 2.38. The molecule has 3 rings (SSSR count). The van der Waals surface area contributed by atoms with Crippen LogP contribution < -0.4 is 10.2 Å². The number of carbonyl (C=O) groups excluding carboxylic acids is 3. The summed E-state index contributed by atoms with van der Waals surface area (Å²) in [6.45, 7) is 1.85. The quantitative estimate of drug-likeness (QED) is 0.712. The molecule has 2 atom stereocenters. The molecule has 2 amide bonds. The first-order chi connectivity index (χ1) is 14.3. The SMILES string of the molecule is C[C@H](c1ccccc1)N1C[C@@H](C(=O)OCC(=O)Nc2ccc(N(C)C)cc2)CC1=O. The first kappa shape index (κ1) is 21.4. The third-order valence-corrected chi connectivity index (χ3v) is 5.25. The van der Waals surface area contributed by atoms with E-state index in [0.717, 1.165) is 11.3 Å². The lowest BCUT2D eigenvalue weighted by molar-refractivity contribution is -0.151. The van der Waals surface area contributed by atoms with Crippen molar-refractivity contribution < 1.29 is 19.1 Å². The van der Waals surface area contributed by atoms with E-state index in [1.54, 1.807) is 17.0 Å². The highest BCUT2D eigenvalue weighted by atomic mass is 16.5. The van der Waals surface area contributed by atoms with E-state index in [9.17, 15) is 14.4 Å². The van der Waals surface area contributed by atoms with Gasteiger partial charge in [0, 0.05) is 38.4 Å². The van der Waals surface area contributed by atoms with Gasteiger partial charge in [-0.25, -0.2) is 0 Å². The van der Waals surface area contributed by atoms with E-state index in [1.807, 2.05) is 68.4 Å². The molecule has 0 bridgehead atoms. The van der Waals surface area contributed by atoms with Crippen molar-refractivity contribution in [3.8, 4) is 0 Å². The van der Waals surface area contributed by atoms with Gasteiger partial charge < -0.3 is 19.9 Å². The van der Waals surface area contributed by atoms with Gasteiger partial charge in [0.05, 0.1) is 12.0 Å². The molecule has 7 nitrogen and oxygen atoms in total. The van der Waals surface area contributed by atoms with E-state index >= 15 is 0 Å². The lowest BCUT2D eigenvalue weighted by atomic mass is 10.1. The Hall–Kier alpha value is -3.35. The minimum Gasteiger partial charge on any atom is -0.455 e. The number of hydrogen-bond donors (Lipinski definition) is 1. The molecule has 7 heteroatoms. The first-order valence-corrected chi connectivity index (χ1v) is 9.93. The third-order valence-electron chi connectivity index (χ3n) is 5.25. The topological polar surface area (TPSA) is 79.0 Å². The number of nitrogens with zero attached hydrogens (tertiary/aromatic N) is 2. The average molecular weight is 409 g/mol. The van der Waals surface area contributed by atoms with Crippen LogP contribution >= 0.6 is 0 Å². The Kier molecular flexibility index (Phi) is 6.72. The van der Waals surface area contributed by atoms with Crippen LogP contribution in [0, 0.1) is 5.92 Å². The molecule has 0 aromatic heterocycles. The van der Waals surface area contributed by atoms with Crippen LogP contribution in [0.2, 0.25) is 0 Å². The summed E-state index contributed by atoms with van der Waals surface area (Å²) in [5, 5.41) is 2.70. The monoisotopic (exact) mass is 409 g/mol. The Morgan fingerprint density at radius 1 is 1.13 bits per heavy atom. The van der Waals surface area contributed by atoms with E-state index in [0.29, 0.717) is 12.2 Å². The van der Waals surface area contributed by atoms with Crippen molar-refractivity contribution in [2.24, 2.45) is 5.92 Å². The van der Waals surface area contributed by atoms with Crippen molar-refractivity contribution in [1.29, 1.82) is 0 Å². The zero-order chi connectivity index (χ0) is 21.7. The Balaban J connectivity index is 1.49. The largest absolute Gasteiger partial charge is 0.455 e. The number of anilines is 2. The second-order valence-electron chi connectivity index (χ2n) is 7.63. The summed E-state index contributed by atoms with van der Waals surface area (Å²) in [4.78, 5) is 40.5. The fraction of sp³-hybridized carbons (Fsp3) is 0.348. The Morgan fingerprint density at radius 3 is 2.43 bits per heavy atom. The zero-order valence-electron chi connectivity index (χ0n) is 17.5. The van der Waals surface area contributed by atoms with Gasteiger partial charge in [0.15, 0.2) is 6.61 Å². The van der Waals surface area contributed by atoms with Crippen LogP contribution in [0.4, 0.5) is 11.4 Å². The van der Waals surface area contributed by atoms with Gasteiger partial charge >= 0.3 is 5.97 Å². The van der Waals surface area contributed by atoms with E-state index in [1.165, 1.54) is 0 Å². The van der Waals surface area contributed by atoms with E-state index in [4.69, 9.17) is 4.74 Å². The summed E-state index contributed by atoms with van der Waals surface area (Å²) in [5.74, 6) is -1.58. The molecule has 158 valence electrons. The maximum atomic E-state index is 12.4. The van der Waals surface area contributed by atoms with Crippen LogP contribution in [0.3, 0.4) is 0 Å². The first-order valence-electron chi connectivity index (χ1n) is 9.93. The van der Waals surface area contributed by atoms with Gasteiger partial charge in [-0.3, -0.25) is 14.4 Å². The molecular weight excluding hydrogens is 382 g/mol. The van der Waals surface area contributed by atoms with Gasteiger partial charge in [0.2, 0.25) is 5.91 Å². The number of ether oxygens (including phenoxy) is 1. The maximum absolute atomic E-state index is 12.4. The van der Waals surface area contributed by atoms with Gasteiger partial charge in [0.25, 0.3) is 5.91 Å². The summed E-state index contributed by atoms with van der Waals surface area (Å²) in [6, 6.07) is 16.9. The molecule has 0 radical (unpaired) electrons. The van der Waals surface area contributed by atoms with Crippen LogP contribution in [0.15, 0.2) is 54.6 Å². The molecule has 0 spiro atoms. The maximum Gasteiger partial charge on any atom is 0.311 e. The molecule has 2 aromatic rings. The fourth-order valence-electron chi connectivity index (χ4n) is 3.47. The van der Waals surface area contributed by atoms with Gasteiger partial charge in [0.1, 0.15) is 0 Å². The van der Waals surface area contributed by atoms with E-state index in [2.05, 4.69) is 5.32 Å². The molecular formula is C23H27N3O4. The van der Waals surface area contributed by atoms with Crippen molar-refractivity contribution in [1.82, 2.24) is 4.90 Å². The van der Waals surface area contributed by atoms with Crippen molar-refractivity contribution in [2.45, 2.75) is 19.4 Å². The standard InChI is InChI=1S/C23H27N3O4/c1-16(17-7-5-4-6-8-17)26-14-18(13-22(26)28)23(29)30-15-21(27)24-19-9-11-20(12-10-19)25(2)3/h4-12,16,18H,13-15H2,1-3H3,(H,24,27)/t16-,18+/m1/s1. The number of carbonyl (C=O) groups is 3. The van der Waals surface area contributed by atoms with Crippen LogP contribution in [0.25, 0.3) is 0 Å². The fourth-order valence-corrected chi connectivity index (χ4v) is 3.47. The number of hydrogen-bond acceptors (Lipinski definition) is 5. The summed E-state index contributed by atoms with van der Waals surface area (Å²) < 4.78 is 5.17. The lowest BCUT2D eigenvalue weighted by Gasteiger charge is -2.25. The smallest absolute Gasteiger partial charge is 0.311 e. The highest BCUT2D eigenvalue weighted by molar-refractivity contribution is 5.94. The van der Waals surface area contributed by atoms with Gasteiger partial charge in [-0.05, 0) is 36.8 Å². The molecule has 30 heavy (non-hydrogen) atoms. The second kappa shape index (κ2) is 9.43. The highest BCUT2D eigenvalue weighted by Crippen LogP contribution is 2.29. The molecule has 0 unspecified atom stereocenters. The number of likely N-dealkylation sites (tertiary alicyclic amines) is 1. The Labute approximate surface area is 176 Å². The lowest BCUT2D eigenvalue weighted by Crippen LogP contribution is -2.30. The second-order valence-corrected chi connectivity index (χ2v) is 7.63. The summed E-state index contributed by atoms with van der Waals surface area (Å²) in [7, 11) is 3.87. The minimum atomic E-state index is -0.559. The molecule has 0 saturated carbocycles. The summed E-state index contributed by atoms with van der Waals surface area (Å²) >= 11 is 0. The normalized spacial score (nSPS) is 16.8. The van der Waals surface area contributed by atoms with Crippen molar-refractivity contribution in [2.75, 3.05) is 37.5 Å². The molecule has 1 fully saturated rings. The molecule has 1 saturated heterocycles. The van der Waals surface area contributed by atoms with Gasteiger partial charge in [-0.2, -0.15) is 0 Å². The third kappa shape index (κ3) is 5.17. The Morgan fingerprint density at radius 2 is 1.80 bits per heavy atom. The molecule has 2 aromatic carbocycles. The van der Waals surface area contributed by atoms with Gasteiger partial charge in [-0.15, -0.1) is 0 Å². The molecule has 1 N–H and O–H groups in total. The molecule has 1 heterocycles. The van der Waals surface area contributed by atoms with Crippen molar-refractivity contribution in [3.63, 3.8) is 0 Å². The van der Waals surface area contributed by atoms with Crippen molar-refractivity contribution >= 4 is 29.2 Å². The number of nitrogens with one attached hydrogen (secondary N) is 1. The van der Waals surface area contributed by atoms with E-state index in [-0.39, 0.29) is 25.0 Å². The number of rotatable bonds is 7. The number of amides is 2. The van der Waals surface area contributed by atoms with Crippen molar-refractivity contribution in [3.05, 3.63) is 60.2 Å². The van der Waals surface area contributed by atoms with Crippen LogP contribution in [-0.2, 0) is 19.1 Å². The summed E-state index contributed by atoms with van der Waals surface area (Å²) in [6.07, 6.45) is 0.101. The van der Waals surface area contributed by atoms with Crippen LogP contribution in [0.5, 0.6) is 0 Å². The van der Waals surface area contributed by atoms with Crippen LogP contribution in [-0.4, -0.2) is 49.9 Å². The minimum absolute atomic E-state index is 0.0845. The predicted molar refractivity (Wildman–Crippen MR) is 115 cm³/mol. The van der Waals surface area contributed by atoms with Gasteiger partial charge in [-0.1, -0.05) is 30.3 Å². The molecule has 0 aliphatic carbocycles. The molecule has 1 aliphatic rings. The Bertz CT molecular complexity index is 896. The number of esters is 1. The molecule has 1 aliphatic heterocycles. The van der Waals surface area contributed by atoms with Crippen LogP contribution in [0.1, 0.15) is 24.9 Å².